The minimum Gasteiger partial charge on any atom is -0.455 e. The fraction of sp³-hybridized carbons (Fsp3) is 0.593. The van der Waals surface area contributed by atoms with Crippen molar-refractivity contribution < 1.29 is 22.8 Å². The zero-order chi connectivity index (χ0) is 22.2. The van der Waals surface area contributed by atoms with E-state index in [1.54, 1.807) is 6.07 Å². The summed E-state index contributed by atoms with van der Waals surface area (Å²) in [5.74, 6) is -1.19. The number of esters is 1. The lowest BCUT2D eigenvalue weighted by molar-refractivity contribution is -0.958. The van der Waals surface area contributed by atoms with Crippen LogP contribution in [0.15, 0.2) is 42.0 Å². The van der Waals surface area contributed by atoms with Crippen LogP contribution in [0.1, 0.15) is 63.4 Å². The Labute approximate surface area is 189 Å². The predicted molar refractivity (Wildman–Crippen MR) is 120 cm³/mol. The molecule has 0 spiro atoms. The molecule has 2 bridgehead atoms. The van der Waals surface area contributed by atoms with Gasteiger partial charge in [0.05, 0.1) is 18.5 Å². The molecule has 3 nitrogen and oxygen atoms in total. The van der Waals surface area contributed by atoms with Crippen molar-refractivity contribution in [3.05, 3.63) is 59.2 Å². The molecule has 0 radical (unpaired) electrons. The van der Waals surface area contributed by atoms with Crippen molar-refractivity contribution >= 4 is 5.97 Å². The molecule has 0 N–H and O–H groups in total. The summed E-state index contributed by atoms with van der Waals surface area (Å²) in [7, 11) is 0. The third-order valence-corrected chi connectivity index (χ3v) is 8.54. The van der Waals surface area contributed by atoms with Crippen LogP contribution < -0.4 is 0 Å². The minimum absolute atomic E-state index is 0.0147. The van der Waals surface area contributed by atoms with E-state index in [0.29, 0.717) is 12.5 Å². The smallest absolute Gasteiger partial charge is 0.316 e. The molecule has 1 saturated carbocycles. The minimum atomic E-state index is -0.803. The Morgan fingerprint density at radius 2 is 1.81 bits per heavy atom. The Hall–Kier alpha value is -2.01. The maximum atomic E-state index is 13.8. The van der Waals surface area contributed by atoms with Gasteiger partial charge < -0.3 is 9.22 Å². The maximum Gasteiger partial charge on any atom is 0.316 e. The van der Waals surface area contributed by atoms with Gasteiger partial charge in [-0.05, 0) is 37.0 Å². The van der Waals surface area contributed by atoms with Crippen molar-refractivity contribution in [2.75, 3.05) is 19.6 Å². The number of halogens is 2. The van der Waals surface area contributed by atoms with Crippen LogP contribution in [-0.2, 0) is 16.1 Å². The molecule has 5 heteroatoms. The van der Waals surface area contributed by atoms with Gasteiger partial charge in [-0.3, -0.25) is 4.79 Å². The van der Waals surface area contributed by atoms with Gasteiger partial charge in [-0.2, -0.15) is 0 Å². The zero-order valence-electron chi connectivity index (χ0n) is 18.8. The van der Waals surface area contributed by atoms with Crippen molar-refractivity contribution in [3.8, 4) is 0 Å². The Kier molecular flexibility index (Phi) is 5.96. The molecular weight excluding hydrogens is 408 g/mol. The van der Waals surface area contributed by atoms with Crippen LogP contribution in [0, 0.1) is 23.0 Å². The van der Waals surface area contributed by atoms with E-state index >= 15 is 0 Å². The van der Waals surface area contributed by atoms with Gasteiger partial charge in [-0.15, -0.1) is 0 Å². The standard InChI is InChI=1S/C27H34F2NO2/c28-23-10-9-20(17-24(23)29)18-30-15-11-21(12-16-30)25(19-30)32-26(31)27(22-7-3-4-8-22)13-5-1-2-6-14-27/h3-4,7,9-10,17,21,25H,1-2,5-6,8,11-16,18-19H2/q+1/t21?,25-,30?/m0/s1. The summed E-state index contributed by atoms with van der Waals surface area (Å²) in [6.45, 7) is 3.47. The molecule has 32 heavy (non-hydrogen) atoms. The van der Waals surface area contributed by atoms with Crippen LogP contribution in [0.4, 0.5) is 8.78 Å². The Morgan fingerprint density at radius 1 is 1.06 bits per heavy atom. The first-order valence-electron chi connectivity index (χ1n) is 12.4. The molecule has 6 rings (SSSR count). The molecule has 0 aromatic heterocycles. The normalized spacial score (nSPS) is 31.2. The number of hydrogen-bond donors (Lipinski definition) is 0. The van der Waals surface area contributed by atoms with Crippen molar-refractivity contribution in [3.63, 3.8) is 0 Å². The highest BCUT2D eigenvalue weighted by Gasteiger charge is 2.50. The van der Waals surface area contributed by atoms with Crippen molar-refractivity contribution in [2.45, 2.75) is 70.4 Å². The molecule has 1 atom stereocenters. The fourth-order valence-electron chi connectivity index (χ4n) is 6.64. The van der Waals surface area contributed by atoms with E-state index in [1.165, 1.54) is 30.5 Å². The summed E-state index contributed by atoms with van der Waals surface area (Å²) in [4.78, 5) is 13.8. The van der Waals surface area contributed by atoms with Gasteiger partial charge in [-0.1, -0.05) is 50.0 Å². The summed E-state index contributed by atoms with van der Waals surface area (Å²) in [6, 6.07) is 4.23. The van der Waals surface area contributed by atoms with Crippen molar-refractivity contribution in [1.82, 2.24) is 0 Å². The first-order chi connectivity index (χ1) is 15.5. The van der Waals surface area contributed by atoms with E-state index in [2.05, 4.69) is 18.2 Å². The lowest BCUT2D eigenvalue weighted by Crippen LogP contribution is -2.64. The molecule has 1 aromatic carbocycles. The average molecular weight is 443 g/mol. The first kappa shape index (κ1) is 21.8. The number of hydrogen-bond acceptors (Lipinski definition) is 2. The molecular formula is C27H34F2NO2+. The second-order valence-electron chi connectivity index (χ2n) is 10.5. The van der Waals surface area contributed by atoms with Gasteiger partial charge in [-0.25, -0.2) is 8.78 Å². The second kappa shape index (κ2) is 8.74. The van der Waals surface area contributed by atoms with E-state index in [0.717, 1.165) is 74.6 Å². The summed E-state index contributed by atoms with van der Waals surface area (Å²) < 4.78 is 34.4. The van der Waals surface area contributed by atoms with E-state index in [-0.39, 0.29) is 12.1 Å². The molecule has 3 heterocycles. The maximum absolute atomic E-state index is 13.8. The zero-order valence-corrected chi connectivity index (χ0v) is 18.8. The Morgan fingerprint density at radius 3 is 2.47 bits per heavy atom. The molecule has 0 amide bonds. The number of fused-ring (bicyclic) bond motifs is 3. The number of quaternary nitrogens is 1. The van der Waals surface area contributed by atoms with Gasteiger partial charge in [0.25, 0.3) is 0 Å². The molecule has 2 aliphatic carbocycles. The molecule has 4 fully saturated rings. The number of carbonyl (C=O) groups excluding carboxylic acids is 1. The number of rotatable bonds is 5. The summed E-state index contributed by atoms with van der Waals surface area (Å²) in [5.41, 5.74) is 1.59. The quantitative estimate of drug-likeness (QED) is 0.325. The molecule has 1 aromatic rings. The van der Waals surface area contributed by atoms with Gasteiger partial charge in [0.15, 0.2) is 17.7 Å². The van der Waals surface area contributed by atoms with E-state index in [9.17, 15) is 13.6 Å². The van der Waals surface area contributed by atoms with Gasteiger partial charge in [0, 0.05) is 24.3 Å². The third-order valence-electron chi connectivity index (χ3n) is 8.54. The number of piperidine rings is 3. The topological polar surface area (TPSA) is 26.3 Å². The summed E-state index contributed by atoms with van der Waals surface area (Å²) in [5, 5.41) is 0. The third kappa shape index (κ3) is 4.05. The van der Waals surface area contributed by atoms with E-state index in [1.807, 2.05) is 0 Å². The van der Waals surface area contributed by atoms with Crippen LogP contribution in [0.2, 0.25) is 0 Å². The highest BCUT2D eigenvalue weighted by Crippen LogP contribution is 2.46. The number of allylic oxidation sites excluding steroid dienone is 3. The molecule has 3 aliphatic heterocycles. The van der Waals surface area contributed by atoms with Gasteiger partial charge in [0.1, 0.15) is 13.1 Å². The number of nitrogens with zero attached hydrogens (tertiary/aromatic N) is 1. The van der Waals surface area contributed by atoms with Crippen LogP contribution in [0.25, 0.3) is 0 Å². The summed E-state index contributed by atoms with van der Waals surface area (Å²) in [6.07, 6.45) is 15.5. The van der Waals surface area contributed by atoms with Gasteiger partial charge >= 0.3 is 5.97 Å². The van der Waals surface area contributed by atoms with E-state index in [4.69, 9.17) is 4.74 Å². The molecule has 3 saturated heterocycles. The SMILES string of the molecule is O=C(O[C@H]1C[N+]2(Cc3ccc(F)c(F)c3)CCC1CC2)C1(C2=CC=CC2)CCCCCC1. The monoisotopic (exact) mass is 442 g/mol. The van der Waals surface area contributed by atoms with E-state index < -0.39 is 17.0 Å². The number of carbonyl (C=O) groups is 1. The van der Waals surface area contributed by atoms with Gasteiger partial charge in [0.2, 0.25) is 0 Å². The van der Waals surface area contributed by atoms with Crippen LogP contribution >= 0.6 is 0 Å². The Balaban J connectivity index is 1.33. The second-order valence-corrected chi connectivity index (χ2v) is 10.5. The lowest BCUT2D eigenvalue weighted by atomic mass is 9.73. The molecule has 0 unspecified atom stereocenters. The lowest BCUT2D eigenvalue weighted by Gasteiger charge is -2.52. The molecule has 5 aliphatic rings. The largest absolute Gasteiger partial charge is 0.455 e. The number of benzene rings is 1. The van der Waals surface area contributed by atoms with Crippen LogP contribution in [0.5, 0.6) is 0 Å². The predicted octanol–water partition coefficient (Wildman–Crippen LogP) is 5.84. The highest BCUT2D eigenvalue weighted by molar-refractivity contribution is 5.81. The van der Waals surface area contributed by atoms with Crippen molar-refractivity contribution in [1.29, 1.82) is 0 Å². The van der Waals surface area contributed by atoms with Crippen molar-refractivity contribution in [2.24, 2.45) is 11.3 Å². The summed E-state index contributed by atoms with van der Waals surface area (Å²) >= 11 is 0. The average Bonchev–Trinajstić information content (AvgIpc) is 3.22. The highest BCUT2D eigenvalue weighted by atomic mass is 19.2. The van der Waals surface area contributed by atoms with Crippen LogP contribution in [-0.4, -0.2) is 36.2 Å². The molecule has 172 valence electrons. The van der Waals surface area contributed by atoms with Crippen LogP contribution in [0.3, 0.4) is 0 Å². The first-order valence-corrected chi connectivity index (χ1v) is 12.4. The number of ether oxygens (including phenoxy) is 1. The fourth-order valence-corrected chi connectivity index (χ4v) is 6.64. The Bertz CT molecular complexity index is 922.